The quantitative estimate of drug-likeness (QED) is 0.694. The van der Waals surface area contributed by atoms with Gasteiger partial charge in [0, 0.05) is 11.2 Å². The highest BCUT2D eigenvalue weighted by Crippen LogP contribution is 2.15. The molecule has 0 aliphatic heterocycles. The number of allylic oxidation sites excluding steroid dienone is 1. The van der Waals surface area contributed by atoms with E-state index < -0.39 is 0 Å². The van der Waals surface area contributed by atoms with E-state index in [0.29, 0.717) is 0 Å². The van der Waals surface area contributed by atoms with Crippen LogP contribution >= 0.6 is 0 Å². The predicted octanol–water partition coefficient (Wildman–Crippen LogP) is 3.45. The lowest BCUT2D eigenvalue weighted by Gasteiger charge is -2.23. The molecule has 1 aromatic carbocycles. The summed E-state index contributed by atoms with van der Waals surface area (Å²) in [6.45, 7) is 6.34. The van der Waals surface area contributed by atoms with Gasteiger partial charge in [0.25, 0.3) is 0 Å². The molecule has 13 heavy (non-hydrogen) atoms. The fourth-order valence-electron chi connectivity index (χ4n) is 1.35. The molecular formula is C12H17N. The monoisotopic (exact) mass is 175 g/mol. The summed E-state index contributed by atoms with van der Waals surface area (Å²) in [5.41, 5.74) is 1.18. The average Bonchev–Trinajstić information content (AvgIpc) is 2.04. The molecule has 1 aromatic rings. The molecule has 0 spiro atoms. The van der Waals surface area contributed by atoms with Gasteiger partial charge in [0.2, 0.25) is 0 Å². The van der Waals surface area contributed by atoms with E-state index in [0.717, 1.165) is 5.69 Å². The van der Waals surface area contributed by atoms with E-state index in [1.165, 1.54) is 0 Å². The second-order valence-electron chi connectivity index (χ2n) is 3.71. The number of hydrogen-bond donors (Lipinski definition) is 1. The van der Waals surface area contributed by atoms with Gasteiger partial charge in [-0.3, -0.25) is 0 Å². The minimum atomic E-state index is 0.0239. The molecule has 0 aliphatic carbocycles. The van der Waals surface area contributed by atoms with Gasteiger partial charge in [-0.1, -0.05) is 30.4 Å². The third-order valence-electron chi connectivity index (χ3n) is 1.82. The smallest absolute Gasteiger partial charge is 0.0499 e. The molecule has 0 amide bonds. The largest absolute Gasteiger partial charge is 0.377 e. The van der Waals surface area contributed by atoms with Crippen molar-refractivity contribution in [1.82, 2.24) is 0 Å². The Morgan fingerprint density at radius 3 is 2.31 bits per heavy atom. The van der Waals surface area contributed by atoms with Gasteiger partial charge in [-0.15, -0.1) is 0 Å². The topological polar surface area (TPSA) is 12.0 Å². The van der Waals surface area contributed by atoms with Crippen molar-refractivity contribution >= 4 is 5.69 Å². The van der Waals surface area contributed by atoms with Crippen molar-refractivity contribution in [2.24, 2.45) is 0 Å². The fourth-order valence-corrected chi connectivity index (χ4v) is 1.35. The first-order valence-corrected chi connectivity index (χ1v) is 4.61. The maximum Gasteiger partial charge on any atom is 0.0499 e. The summed E-state index contributed by atoms with van der Waals surface area (Å²) >= 11 is 0. The molecule has 0 aromatic heterocycles. The van der Waals surface area contributed by atoms with Crippen molar-refractivity contribution in [3.8, 4) is 0 Å². The van der Waals surface area contributed by atoms with Gasteiger partial charge < -0.3 is 5.32 Å². The molecule has 70 valence electrons. The SMILES string of the molecule is C/C=C\C(C)(C)Nc1ccccc1. The molecule has 0 radical (unpaired) electrons. The Morgan fingerprint density at radius 2 is 1.77 bits per heavy atom. The van der Waals surface area contributed by atoms with Gasteiger partial charge in [-0.2, -0.15) is 0 Å². The van der Waals surface area contributed by atoms with E-state index in [2.05, 4.69) is 43.4 Å². The lowest BCUT2D eigenvalue weighted by atomic mass is 10.0. The molecule has 0 heterocycles. The average molecular weight is 175 g/mol. The molecule has 0 saturated carbocycles. The van der Waals surface area contributed by atoms with Crippen molar-refractivity contribution in [2.45, 2.75) is 26.3 Å². The molecule has 1 nitrogen and oxygen atoms in total. The number of para-hydroxylation sites is 1. The Hall–Kier alpha value is -1.24. The van der Waals surface area contributed by atoms with Crippen LogP contribution in [0.5, 0.6) is 0 Å². The summed E-state index contributed by atoms with van der Waals surface area (Å²) in [5, 5.41) is 3.43. The Bertz CT molecular complexity index is 272. The third kappa shape index (κ3) is 3.32. The van der Waals surface area contributed by atoms with E-state index in [9.17, 15) is 0 Å². The van der Waals surface area contributed by atoms with Crippen LogP contribution in [0.1, 0.15) is 20.8 Å². The highest BCUT2D eigenvalue weighted by atomic mass is 14.9. The van der Waals surface area contributed by atoms with Crippen LogP contribution in [0.25, 0.3) is 0 Å². The van der Waals surface area contributed by atoms with Crippen LogP contribution < -0.4 is 5.32 Å². The molecule has 0 unspecified atom stereocenters. The summed E-state index contributed by atoms with van der Waals surface area (Å²) in [5.74, 6) is 0. The summed E-state index contributed by atoms with van der Waals surface area (Å²) < 4.78 is 0. The summed E-state index contributed by atoms with van der Waals surface area (Å²) in [6.07, 6.45) is 4.22. The molecule has 1 N–H and O–H groups in total. The van der Waals surface area contributed by atoms with Gasteiger partial charge in [-0.25, -0.2) is 0 Å². The Kier molecular flexibility index (Phi) is 3.13. The van der Waals surface area contributed by atoms with E-state index in [1.54, 1.807) is 0 Å². The number of anilines is 1. The minimum Gasteiger partial charge on any atom is -0.377 e. The Balaban J connectivity index is 2.69. The highest BCUT2D eigenvalue weighted by molar-refractivity contribution is 5.46. The van der Waals surface area contributed by atoms with Crippen LogP contribution in [0.15, 0.2) is 42.5 Å². The lowest BCUT2D eigenvalue weighted by Crippen LogP contribution is -2.27. The molecule has 0 bridgehead atoms. The zero-order valence-electron chi connectivity index (χ0n) is 8.54. The second kappa shape index (κ2) is 4.13. The number of benzene rings is 1. The number of nitrogens with one attached hydrogen (secondary N) is 1. The highest BCUT2D eigenvalue weighted by Gasteiger charge is 2.11. The normalized spacial score (nSPS) is 11.9. The van der Waals surface area contributed by atoms with E-state index in [4.69, 9.17) is 0 Å². The summed E-state index contributed by atoms with van der Waals surface area (Å²) in [6, 6.07) is 10.2. The van der Waals surface area contributed by atoms with Crippen LogP contribution in [-0.2, 0) is 0 Å². The summed E-state index contributed by atoms with van der Waals surface area (Å²) in [4.78, 5) is 0. The van der Waals surface area contributed by atoms with E-state index in [-0.39, 0.29) is 5.54 Å². The van der Waals surface area contributed by atoms with Crippen LogP contribution in [0.2, 0.25) is 0 Å². The maximum absolute atomic E-state index is 3.43. The zero-order chi connectivity index (χ0) is 9.73. The molecular weight excluding hydrogens is 158 g/mol. The minimum absolute atomic E-state index is 0.0239. The Labute approximate surface area is 80.5 Å². The number of hydrogen-bond acceptors (Lipinski definition) is 1. The van der Waals surface area contributed by atoms with Crippen LogP contribution in [0.4, 0.5) is 5.69 Å². The molecule has 1 heteroatoms. The van der Waals surface area contributed by atoms with Crippen molar-refractivity contribution in [2.75, 3.05) is 5.32 Å². The van der Waals surface area contributed by atoms with Gasteiger partial charge in [0.15, 0.2) is 0 Å². The third-order valence-corrected chi connectivity index (χ3v) is 1.82. The van der Waals surface area contributed by atoms with Crippen molar-refractivity contribution < 1.29 is 0 Å². The predicted molar refractivity (Wildman–Crippen MR) is 59.0 cm³/mol. The fraction of sp³-hybridized carbons (Fsp3) is 0.333. The van der Waals surface area contributed by atoms with Crippen LogP contribution in [0, 0.1) is 0 Å². The van der Waals surface area contributed by atoms with Gasteiger partial charge in [0.1, 0.15) is 0 Å². The van der Waals surface area contributed by atoms with E-state index in [1.807, 2.05) is 25.1 Å². The maximum atomic E-state index is 3.43. The van der Waals surface area contributed by atoms with Crippen LogP contribution in [-0.4, -0.2) is 5.54 Å². The molecule has 0 fully saturated rings. The number of rotatable bonds is 3. The molecule has 1 rings (SSSR count). The van der Waals surface area contributed by atoms with E-state index >= 15 is 0 Å². The summed E-state index contributed by atoms with van der Waals surface area (Å²) in [7, 11) is 0. The van der Waals surface area contributed by atoms with Gasteiger partial charge >= 0.3 is 0 Å². The zero-order valence-corrected chi connectivity index (χ0v) is 8.54. The molecule has 0 atom stereocenters. The standard InChI is InChI=1S/C12H17N/c1-4-10-12(2,3)13-11-8-6-5-7-9-11/h4-10,13H,1-3H3/b10-4-. The first-order chi connectivity index (χ1) is 6.14. The van der Waals surface area contributed by atoms with Crippen LogP contribution in [0.3, 0.4) is 0 Å². The van der Waals surface area contributed by atoms with Gasteiger partial charge in [0.05, 0.1) is 0 Å². The van der Waals surface area contributed by atoms with Crippen molar-refractivity contribution in [3.05, 3.63) is 42.5 Å². The van der Waals surface area contributed by atoms with Crippen molar-refractivity contribution in [1.29, 1.82) is 0 Å². The van der Waals surface area contributed by atoms with Gasteiger partial charge in [-0.05, 0) is 32.9 Å². The first-order valence-electron chi connectivity index (χ1n) is 4.61. The second-order valence-corrected chi connectivity index (χ2v) is 3.71. The van der Waals surface area contributed by atoms with Crippen molar-refractivity contribution in [3.63, 3.8) is 0 Å². The first kappa shape index (κ1) is 9.85. The molecule has 0 aliphatic rings. The molecule has 0 saturated heterocycles. The lowest BCUT2D eigenvalue weighted by molar-refractivity contribution is 0.711. The Morgan fingerprint density at radius 1 is 1.15 bits per heavy atom.